The summed E-state index contributed by atoms with van der Waals surface area (Å²) in [6.07, 6.45) is 0.907. The van der Waals surface area contributed by atoms with Crippen LogP contribution in [0, 0.1) is 3.57 Å². The van der Waals surface area contributed by atoms with Crippen molar-refractivity contribution in [3.05, 3.63) is 57.7 Å². The molecule has 0 spiro atoms. The zero-order chi connectivity index (χ0) is 10.7. The van der Waals surface area contributed by atoms with Gasteiger partial charge in [0.1, 0.15) is 0 Å². The van der Waals surface area contributed by atoms with Gasteiger partial charge >= 0.3 is 0 Å². The summed E-state index contributed by atoms with van der Waals surface area (Å²) in [5.74, 6) is 0. The fourth-order valence-electron chi connectivity index (χ4n) is 1.55. The summed E-state index contributed by atoms with van der Waals surface area (Å²) in [4.78, 5) is 10.9. The van der Waals surface area contributed by atoms with Gasteiger partial charge in [0.05, 0.1) is 0 Å². The number of carbonyl (C=O) groups excluding carboxylic acids is 1. The monoisotopic (exact) mass is 308 g/mol. The molecule has 0 aliphatic carbocycles. The van der Waals surface area contributed by atoms with Crippen molar-refractivity contribution in [3.8, 4) is 11.1 Å². The Bertz CT molecular complexity index is 477. The Morgan fingerprint density at radius 2 is 1.67 bits per heavy atom. The largest absolute Gasteiger partial charge is 0.298 e. The molecule has 0 radical (unpaired) electrons. The molecule has 74 valence electrons. The second-order valence-electron chi connectivity index (χ2n) is 3.19. The first-order chi connectivity index (χ1) is 7.33. The van der Waals surface area contributed by atoms with E-state index in [0.29, 0.717) is 0 Å². The maximum absolute atomic E-state index is 10.9. The number of rotatable bonds is 2. The average Bonchev–Trinajstić information content (AvgIpc) is 2.29. The third kappa shape index (κ3) is 2.09. The smallest absolute Gasteiger partial charge is 0.150 e. The number of carbonyl (C=O) groups is 1. The Kier molecular flexibility index (Phi) is 3.16. The molecule has 2 rings (SSSR count). The first-order valence-electron chi connectivity index (χ1n) is 4.62. The zero-order valence-corrected chi connectivity index (χ0v) is 10.1. The topological polar surface area (TPSA) is 17.1 Å². The van der Waals surface area contributed by atoms with Crippen molar-refractivity contribution in [3.63, 3.8) is 0 Å². The van der Waals surface area contributed by atoms with E-state index in [9.17, 15) is 4.79 Å². The number of hydrogen-bond acceptors (Lipinski definition) is 1. The van der Waals surface area contributed by atoms with Crippen LogP contribution < -0.4 is 0 Å². The molecule has 0 saturated carbocycles. The predicted octanol–water partition coefficient (Wildman–Crippen LogP) is 3.77. The van der Waals surface area contributed by atoms with Crippen LogP contribution in [0.25, 0.3) is 11.1 Å². The molecular weight excluding hydrogens is 299 g/mol. The molecule has 0 aliphatic heterocycles. The second-order valence-corrected chi connectivity index (χ2v) is 4.35. The number of aldehydes is 1. The van der Waals surface area contributed by atoms with Crippen LogP contribution in [0.3, 0.4) is 0 Å². The molecule has 0 aliphatic rings. The molecule has 2 heteroatoms. The van der Waals surface area contributed by atoms with Gasteiger partial charge in [-0.3, -0.25) is 4.79 Å². The van der Waals surface area contributed by atoms with E-state index in [4.69, 9.17) is 0 Å². The van der Waals surface area contributed by atoms with E-state index in [0.717, 1.165) is 26.5 Å². The summed E-state index contributed by atoms with van der Waals surface area (Å²) in [6.45, 7) is 0. The molecule has 2 aromatic rings. The van der Waals surface area contributed by atoms with E-state index < -0.39 is 0 Å². The molecule has 1 nitrogen and oxygen atoms in total. The minimum atomic E-state index is 0.744. The lowest BCUT2D eigenvalue weighted by molar-refractivity contribution is 0.112. The molecule has 0 bridgehead atoms. The maximum atomic E-state index is 10.9. The SMILES string of the molecule is O=Cc1cccc(I)c1-c1ccccc1. The molecule has 0 N–H and O–H groups in total. The van der Waals surface area contributed by atoms with Gasteiger partial charge in [0.2, 0.25) is 0 Å². The lowest BCUT2D eigenvalue weighted by atomic mass is 10.0. The van der Waals surface area contributed by atoms with Crippen LogP contribution in [-0.4, -0.2) is 6.29 Å². The van der Waals surface area contributed by atoms with E-state index in [1.165, 1.54) is 0 Å². The highest BCUT2D eigenvalue weighted by molar-refractivity contribution is 14.1. The van der Waals surface area contributed by atoms with Crippen molar-refractivity contribution >= 4 is 28.9 Å². The van der Waals surface area contributed by atoms with Gasteiger partial charge in [-0.2, -0.15) is 0 Å². The van der Waals surface area contributed by atoms with Crippen LogP contribution >= 0.6 is 22.6 Å². The Balaban J connectivity index is 2.66. The van der Waals surface area contributed by atoms with Crippen molar-refractivity contribution in [1.82, 2.24) is 0 Å². The Hall–Kier alpha value is -1.16. The molecule has 0 unspecified atom stereocenters. The molecular formula is C13H9IO. The lowest BCUT2D eigenvalue weighted by Crippen LogP contribution is -1.90. The Morgan fingerprint density at radius 1 is 0.933 bits per heavy atom. The molecule has 2 aromatic carbocycles. The van der Waals surface area contributed by atoms with E-state index in [1.54, 1.807) is 0 Å². The molecule has 15 heavy (non-hydrogen) atoms. The van der Waals surface area contributed by atoms with Crippen molar-refractivity contribution < 1.29 is 4.79 Å². The van der Waals surface area contributed by atoms with Crippen LogP contribution in [0.2, 0.25) is 0 Å². The average molecular weight is 308 g/mol. The van der Waals surface area contributed by atoms with Crippen molar-refractivity contribution in [2.45, 2.75) is 0 Å². The lowest BCUT2D eigenvalue weighted by Gasteiger charge is -2.07. The van der Waals surface area contributed by atoms with Crippen LogP contribution in [0.5, 0.6) is 0 Å². The van der Waals surface area contributed by atoms with Gasteiger partial charge in [-0.05, 0) is 34.2 Å². The maximum Gasteiger partial charge on any atom is 0.150 e. The van der Waals surface area contributed by atoms with Crippen LogP contribution in [0.15, 0.2) is 48.5 Å². The van der Waals surface area contributed by atoms with Crippen molar-refractivity contribution in [1.29, 1.82) is 0 Å². The predicted molar refractivity (Wildman–Crippen MR) is 70.0 cm³/mol. The van der Waals surface area contributed by atoms with Crippen LogP contribution in [-0.2, 0) is 0 Å². The minimum Gasteiger partial charge on any atom is -0.298 e. The van der Waals surface area contributed by atoms with Gasteiger partial charge in [-0.15, -0.1) is 0 Å². The molecule has 0 fully saturated rings. The first-order valence-corrected chi connectivity index (χ1v) is 5.70. The molecule has 0 amide bonds. The van der Waals surface area contributed by atoms with Crippen molar-refractivity contribution in [2.75, 3.05) is 0 Å². The zero-order valence-electron chi connectivity index (χ0n) is 7.98. The van der Waals surface area contributed by atoms with E-state index in [1.807, 2.05) is 48.5 Å². The van der Waals surface area contributed by atoms with Gasteiger partial charge in [-0.1, -0.05) is 42.5 Å². The summed E-state index contributed by atoms with van der Waals surface area (Å²) < 4.78 is 1.10. The fraction of sp³-hybridized carbons (Fsp3) is 0. The molecule has 0 atom stereocenters. The summed E-state index contributed by atoms with van der Waals surface area (Å²) in [5, 5.41) is 0. The molecule has 0 saturated heterocycles. The van der Waals surface area contributed by atoms with Crippen molar-refractivity contribution in [2.24, 2.45) is 0 Å². The Morgan fingerprint density at radius 3 is 2.33 bits per heavy atom. The fourth-order valence-corrected chi connectivity index (χ4v) is 2.38. The van der Waals surface area contributed by atoms with Crippen LogP contribution in [0.4, 0.5) is 0 Å². The standard InChI is InChI=1S/C13H9IO/c14-12-8-4-7-11(9-15)13(12)10-5-2-1-3-6-10/h1-9H. The second kappa shape index (κ2) is 4.57. The van der Waals surface area contributed by atoms with Gasteiger partial charge < -0.3 is 0 Å². The highest BCUT2D eigenvalue weighted by Crippen LogP contribution is 2.27. The quantitative estimate of drug-likeness (QED) is 0.610. The summed E-state index contributed by atoms with van der Waals surface area (Å²) in [7, 11) is 0. The highest BCUT2D eigenvalue weighted by atomic mass is 127. The van der Waals surface area contributed by atoms with Gasteiger partial charge in [0.25, 0.3) is 0 Å². The Labute approximate surface area is 102 Å². The number of hydrogen-bond donors (Lipinski definition) is 0. The van der Waals surface area contributed by atoms with Crippen LogP contribution in [0.1, 0.15) is 10.4 Å². The minimum absolute atomic E-state index is 0.744. The number of halogens is 1. The summed E-state index contributed by atoms with van der Waals surface area (Å²) in [5.41, 5.74) is 2.85. The normalized spacial score (nSPS) is 9.93. The number of benzene rings is 2. The summed E-state index contributed by atoms with van der Waals surface area (Å²) >= 11 is 2.25. The van der Waals surface area contributed by atoms with E-state index in [2.05, 4.69) is 22.6 Å². The third-order valence-corrected chi connectivity index (χ3v) is 3.13. The summed E-state index contributed by atoms with van der Waals surface area (Å²) in [6, 6.07) is 15.7. The van der Waals surface area contributed by atoms with Gasteiger partial charge in [0, 0.05) is 14.7 Å². The molecule has 0 aromatic heterocycles. The van der Waals surface area contributed by atoms with Gasteiger partial charge in [0.15, 0.2) is 6.29 Å². The highest BCUT2D eigenvalue weighted by Gasteiger charge is 2.07. The van der Waals surface area contributed by atoms with Gasteiger partial charge in [-0.25, -0.2) is 0 Å². The van der Waals surface area contributed by atoms with E-state index in [-0.39, 0.29) is 0 Å². The third-order valence-electron chi connectivity index (χ3n) is 2.24. The van der Waals surface area contributed by atoms with E-state index >= 15 is 0 Å². The molecule has 0 heterocycles. The first kappa shape index (κ1) is 10.4.